The molecule has 1 aliphatic carbocycles. The van der Waals surface area contributed by atoms with Crippen molar-refractivity contribution >= 4 is 11.3 Å². The van der Waals surface area contributed by atoms with Crippen LogP contribution in [0.2, 0.25) is 0 Å². The van der Waals surface area contributed by atoms with E-state index in [2.05, 4.69) is 25.1 Å². The highest BCUT2D eigenvalue weighted by atomic mass is 15.2. The van der Waals surface area contributed by atoms with Gasteiger partial charge in [-0.3, -0.25) is 4.98 Å². The second-order valence-electron chi connectivity index (χ2n) is 6.30. The molecule has 19 heavy (non-hydrogen) atoms. The van der Waals surface area contributed by atoms with Crippen LogP contribution in [0.25, 0.3) is 5.57 Å². The van der Waals surface area contributed by atoms with Gasteiger partial charge in [0.15, 0.2) is 0 Å². The van der Waals surface area contributed by atoms with E-state index in [1.165, 1.54) is 64.4 Å². The Morgan fingerprint density at radius 3 is 2.79 bits per heavy atom. The summed E-state index contributed by atoms with van der Waals surface area (Å²) in [6.07, 6.45) is 10.4. The number of rotatable bonds is 0. The van der Waals surface area contributed by atoms with E-state index in [-0.39, 0.29) is 0 Å². The molecule has 0 aromatic carbocycles. The molecule has 1 spiro atoms. The Balaban J connectivity index is 1.80. The molecule has 2 unspecified atom stereocenters. The van der Waals surface area contributed by atoms with Crippen molar-refractivity contribution < 1.29 is 9.80 Å². The molecule has 3 heterocycles. The standard InChI is InChI=1S/C16H21N3/c1-18-11-15-12(9-16(18)6-3-4-7-16)13-10-17-8-5-14(13)19(15)2/h5,8,10,18-19H,1-4,6-7,9,11H2. The van der Waals surface area contributed by atoms with Crippen LogP contribution < -0.4 is 9.80 Å². The second kappa shape index (κ2) is 3.90. The van der Waals surface area contributed by atoms with E-state index in [1.54, 1.807) is 0 Å². The molecule has 3 aliphatic rings. The van der Waals surface area contributed by atoms with E-state index in [9.17, 15) is 0 Å². The minimum atomic E-state index is 0.385. The van der Waals surface area contributed by atoms with Crippen molar-refractivity contribution in [2.75, 3.05) is 6.54 Å². The van der Waals surface area contributed by atoms with Gasteiger partial charge in [0.05, 0.1) is 11.1 Å². The number of aromatic nitrogens is 1. The fourth-order valence-corrected chi connectivity index (χ4v) is 4.27. The van der Waals surface area contributed by atoms with Gasteiger partial charge < -0.3 is 9.80 Å². The Labute approximate surface area is 114 Å². The highest BCUT2D eigenvalue weighted by Crippen LogP contribution is 2.41. The number of nitrogens with zero attached hydrogens (tertiary/aromatic N) is 1. The molecule has 1 saturated carbocycles. The van der Waals surface area contributed by atoms with Crippen LogP contribution in [0.3, 0.4) is 0 Å². The lowest BCUT2D eigenvalue weighted by atomic mass is 9.82. The maximum atomic E-state index is 4.42. The maximum Gasteiger partial charge on any atom is 0.143 e. The zero-order valence-corrected chi connectivity index (χ0v) is 11.3. The zero-order valence-electron chi connectivity index (χ0n) is 11.3. The van der Waals surface area contributed by atoms with Crippen molar-refractivity contribution in [3.63, 3.8) is 0 Å². The number of hydrogen-bond acceptors (Lipinski definition) is 1. The van der Waals surface area contributed by atoms with Gasteiger partial charge in [0.2, 0.25) is 0 Å². The monoisotopic (exact) mass is 255 g/mol. The third-order valence-electron chi connectivity index (χ3n) is 5.42. The largest absolute Gasteiger partial charge is 0.455 e. The second-order valence-corrected chi connectivity index (χ2v) is 6.30. The molecule has 2 aliphatic heterocycles. The molecule has 0 radical (unpaired) electrons. The first-order chi connectivity index (χ1) is 9.21. The summed E-state index contributed by atoms with van der Waals surface area (Å²) in [4.78, 5) is 6.98. The SMILES string of the molecule is [CH2-][NH+]1C2=C(CC3(CCCC3)[NH+]([CH2-])C2)c2cnccc21. The minimum absolute atomic E-state index is 0.385. The molecule has 4 rings (SSSR count). The summed E-state index contributed by atoms with van der Waals surface area (Å²) in [5, 5.41) is 0. The Morgan fingerprint density at radius 1 is 1.21 bits per heavy atom. The highest BCUT2D eigenvalue weighted by Gasteiger charge is 2.47. The molecule has 1 aromatic rings. The van der Waals surface area contributed by atoms with Crippen LogP contribution in [0.15, 0.2) is 24.2 Å². The van der Waals surface area contributed by atoms with Crippen LogP contribution in [0.5, 0.6) is 0 Å². The van der Waals surface area contributed by atoms with Crippen LogP contribution in [0, 0.1) is 14.1 Å². The first-order valence-corrected chi connectivity index (χ1v) is 7.26. The summed E-state index contributed by atoms with van der Waals surface area (Å²) in [6.45, 7) is 1.03. The summed E-state index contributed by atoms with van der Waals surface area (Å²) < 4.78 is 0. The maximum absolute atomic E-state index is 4.42. The lowest BCUT2D eigenvalue weighted by Crippen LogP contribution is -3.19. The Bertz CT molecular complexity index is 555. The third-order valence-corrected chi connectivity index (χ3v) is 5.42. The van der Waals surface area contributed by atoms with Crippen molar-refractivity contribution in [3.8, 4) is 0 Å². The highest BCUT2D eigenvalue weighted by molar-refractivity contribution is 5.78. The van der Waals surface area contributed by atoms with Gasteiger partial charge in [0.1, 0.15) is 17.9 Å². The lowest BCUT2D eigenvalue weighted by molar-refractivity contribution is -0.922. The molecule has 0 bridgehead atoms. The molecule has 0 saturated heterocycles. The Hall–Kier alpha value is -1.19. The Kier molecular flexibility index (Phi) is 2.39. The van der Waals surface area contributed by atoms with Gasteiger partial charge in [-0.1, -0.05) is 0 Å². The normalized spacial score (nSPS) is 31.7. The van der Waals surface area contributed by atoms with Gasteiger partial charge in [0, 0.05) is 43.3 Å². The van der Waals surface area contributed by atoms with E-state index in [0.717, 1.165) is 6.54 Å². The molecule has 1 fully saturated rings. The molecule has 2 atom stereocenters. The van der Waals surface area contributed by atoms with E-state index < -0.39 is 0 Å². The molecule has 3 heteroatoms. The van der Waals surface area contributed by atoms with Gasteiger partial charge in [-0.05, 0) is 12.8 Å². The van der Waals surface area contributed by atoms with Crippen molar-refractivity contribution in [1.82, 2.24) is 4.98 Å². The van der Waals surface area contributed by atoms with E-state index >= 15 is 0 Å². The van der Waals surface area contributed by atoms with Gasteiger partial charge in [-0.2, -0.15) is 0 Å². The van der Waals surface area contributed by atoms with Gasteiger partial charge in [-0.15, -0.1) is 14.1 Å². The predicted octanol–water partition coefficient (Wildman–Crippen LogP) is 0.507. The molecular weight excluding hydrogens is 234 g/mol. The summed E-state index contributed by atoms with van der Waals surface area (Å²) in [5.74, 6) is 0. The van der Waals surface area contributed by atoms with Crippen molar-refractivity contribution in [1.29, 1.82) is 0 Å². The summed E-state index contributed by atoms with van der Waals surface area (Å²) in [6, 6.07) is 2.11. The first kappa shape index (κ1) is 11.6. The zero-order chi connectivity index (χ0) is 13.0. The quantitative estimate of drug-likeness (QED) is 0.648. The Morgan fingerprint density at radius 2 is 2.00 bits per heavy atom. The van der Waals surface area contributed by atoms with Crippen LogP contribution in [-0.4, -0.2) is 17.1 Å². The average Bonchev–Trinajstić information content (AvgIpc) is 2.99. The van der Waals surface area contributed by atoms with Crippen LogP contribution >= 0.6 is 0 Å². The lowest BCUT2D eigenvalue weighted by Gasteiger charge is -2.45. The van der Waals surface area contributed by atoms with Crippen LogP contribution in [-0.2, 0) is 0 Å². The number of fused-ring (bicyclic) bond motifs is 2. The molecule has 1 aromatic heterocycles. The fraction of sp³-hybridized carbons (Fsp3) is 0.438. The molecular formula is C16H21N3. The van der Waals surface area contributed by atoms with E-state index in [4.69, 9.17) is 0 Å². The van der Waals surface area contributed by atoms with Gasteiger partial charge in [-0.25, -0.2) is 0 Å². The summed E-state index contributed by atoms with van der Waals surface area (Å²) >= 11 is 0. The molecule has 3 nitrogen and oxygen atoms in total. The van der Waals surface area contributed by atoms with Crippen molar-refractivity contribution in [2.45, 2.75) is 37.6 Å². The molecule has 0 amide bonds. The first-order valence-electron chi connectivity index (χ1n) is 7.26. The van der Waals surface area contributed by atoms with Crippen LogP contribution in [0.4, 0.5) is 5.69 Å². The number of pyridine rings is 1. The topological polar surface area (TPSA) is 21.8 Å². The predicted molar refractivity (Wildman–Crippen MR) is 74.1 cm³/mol. The van der Waals surface area contributed by atoms with Gasteiger partial charge in [0.25, 0.3) is 0 Å². The molecule has 2 N–H and O–H groups in total. The smallest absolute Gasteiger partial charge is 0.143 e. The van der Waals surface area contributed by atoms with Gasteiger partial charge >= 0.3 is 0 Å². The summed E-state index contributed by atoms with van der Waals surface area (Å²) in [5.41, 5.74) is 5.97. The van der Waals surface area contributed by atoms with E-state index in [0.29, 0.717) is 5.54 Å². The minimum Gasteiger partial charge on any atom is -0.455 e. The number of quaternary nitrogens is 2. The molecule has 100 valence electrons. The number of hydrogen-bond donors (Lipinski definition) is 2. The van der Waals surface area contributed by atoms with Crippen molar-refractivity contribution in [3.05, 3.63) is 43.8 Å². The van der Waals surface area contributed by atoms with Crippen LogP contribution in [0.1, 0.15) is 37.7 Å². The third kappa shape index (κ3) is 1.49. The fourth-order valence-electron chi connectivity index (χ4n) is 4.27. The summed E-state index contributed by atoms with van der Waals surface area (Å²) in [7, 11) is 8.72. The average molecular weight is 255 g/mol. The van der Waals surface area contributed by atoms with E-state index in [1.807, 2.05) is 12.4 Å². The number of nitrogens with one attached hydrogen (secondary N) is 2. The van der Waals surface area contributed by atoms with Crippen molar-refractivity contribution in [2.24, 2.45) is 0 Å².